The third kappa shape index (κ3) is 3.69. The second-order valence-corrected chi connectivity index (χ2v) is 6.33. The Morgan fingerprint density at radius 1 is 1.20 bits per heavy atom. The monoisotopic (exact) mass is 311 g/mol. The summed E-state index contributed by atoms with van der Waals surface area (Å²) in [6, 6.07) is 10.2. The Morgan fingerprint density at radius 3 is 2.55 bits per heavy atom. The van der Waals surface area contributed by atoms with Gasteiger partial charge in [-0.25, -0.2) is 18.1 Å². The maximum Gasteiger partial charge on any atom is 0.244 e. The molecule has 0 atom stereocenters. The maximum atomic E-state index is 12.0. The summed E-state index contributed by atoms with van der Waals surface area (Å²) in [4.78, 5) is 3.76. The molecule has 0 saturated carbocycles. The molecule has 0 fully saturated rings. The molecule has 0 bridgehead atoms. The van der Waals surface area contributed by atoms with Gasteiger partial charge in [-0.1, -0.05) is 23.7 Å². The summed E-state index contributed by atoms with van der Waals surface area (Å²) < 4.78 is 26.6. The third-order valence-corrected chi connectivity index (χ3v) is 4.47. The fourth-order valence-corrected chi connectivity index (χ4v) is 2.93. The van der Waals surface area contributed by atoms with Gasteiger partial charge in [-0.15, -0.1) is 0 Å². The Kier molecular flexibility index (Phi) is 4.59. The van der Waals surface area contributed by atoms with E-state index in [-0.39, 0.29) is 17.3 Å². The minimum Gasteiger partial charge on any atom is -0.383 e. The number of halogens is 1. The second-order valence-electron chi connectivity index (χ2n) is 4.16. The number of benzene rings is 1. The molecule has 0 amide bonds. The Morgan fingerprint density at radius 2 is 1.90 bits per heavy atom. The standard InChI is InChI=1S/C13H14ClN3O2S/c14-11-5-3-10(4-6-11)7-9-17-20(18,19)12-2-1-8-16-13(12)15/h1-6,8,17H,7,9H2,(H2,15,16). The van der Waals surface area contributed by atoms with E-state index in [9.17, 15) is 8.42 Å². The molecule has 0 spiro atoms. The minimum atomic E-state index is -3.63. The van der Waals surface area contributed by atoms with Crippen molar-refractivity contribution in [2.45, 2.75) is 11.3 Å². The molecular weight excluding hydrogens is 298 g/mol. The summed E-state index contributed by atoms with van der Waals surface area (Å²) in [7, 11) is -3.63. The summed E-state index contributed by atoms with van der Waals surface area (Å²) in [5.41, 5.74) is 6.56. The largest absolute Gasteiger partial charge is 0.383 e. The third-order valence-electron chi connectivity index (χ3n) is 2.71. The van der Waals surface area contributed by atoms with Crippen LogP contribution in [0.2, 0.25) is 5.02 Å². The van der Waals surface area contributed by atoms with Gasteiger partial charge >= 0.3 is 0 Å². The van der Waals surface area contributed by atoms with Crippen LogP contribution < -0.4 is 10.5 Å². The summed E-state index contributed by atoms with van der Waals surface area (Å²) in [5.74, 6) is -0.00788. The summed E-state index contributed by atoms with van der Waals surface area (Å²) >= 11 is 5.78. The van der Waals surface area contributed by atoms with Crippen LogP contribution in [0.5, 0.6) is 0 Å². The van der Waals surface area contributed by atoms with E-state index in [4.69, 9.17) is 17.3 Å². The topological polar surface area (TPSA) is 85.1 Å². The fourth-order valence-electron chi connectivity index (χ4n) is 1.69. The molecular formula is C13H14ClN3O2S. The van der Waals surface area contributed by atoms with E-state index in [2.05, 4.69) is 9.71 Å². The van der Waals surface area contributed by atoms with Gasteiger partial charge < -0.3 is 5.73 Å². The van der Waals surface area contributed by atoms with Gasteiger partial charge in [0.1, 0.15) is 10.7 Å². The van der Waals surface area contributed by atoms with Crippen LogP contribution >= 0.6 is 11.6 Å². The first-order valence-corrected chi connectivity index (χ1v) is 7.80. The van der Waals surface area contributed by atoms with Crippen LogP contribution in [0.15, 0.2) is 47.5 Å². The van der Waals surface area contributed by atoms with Crippen LogP contribution in [-0.4, -0.2) is 19.9 Å². The molecule has 0 radical (unpaired) electrons. The highest BCUT2D eigenvalue weighted by atomic mass is 35.5. The molecule has 3 N–H and O–H groups in total. The van der Waals surface area contributed by atoms with Crippen LogP contribution in [0, 0.1) is 0 Å². The average Bonchev–Trinajstić information content (AvgIpc) is 2.41. The predicted octanol–water partition coefficient (Wildman–Crippen LogP) is 1.84. The number of pyridine rings is 1. The first kappa shape index (κ1) is 14.8. The number of sulfonamides is 1. The first-order chi connectivity index (χ1) is 9.49. The lowest BCUT2D eigenvalue weighted by molar-refractivity contribution is 0.581. The number of nitrogen functional groups attached to an aromatic ring is 1. The normalized spacial score (nSPS) is 11.4. The molecule has 1 aromatic heterocycles. The lowest BCUT2D eigenvalue weighted by Gasteiger charge is -2.08. The lowest BCUT2D eigenvalue weighted by Crippen LogP contribution is -2.27. The molecule has 7 heteroatoms. The lowest BCUT2D eigenvalue weighted by atomic mass is 10.2. The fraction of sp³-hybridized carbons (Fsp3) is 0.154. The van der Waals surface area contributed by atoms with E-state index < -0.39 is 10.0 Å². The number of rotatable bonds is 5. The molecule has 0 unspecified atom stereocenters. The van der Waals surface area contributed by atoms with E-state index in [1.54, 1.807) is 12.1 Å². The van der Waals surface area contributed by atoms with Crippen LogP contribution in [-0.2, 0) is 16.4 Å². The Bertz CT molecular complexity index is 687. The number of nitrogens with two attached hydrogens (primary N) is 1. The van der Waals surface area contributed by atoms with Crippen molar-refractivity contribution < 1.29 is 8.42 Å². The number of hydrogen-bond donors (Lipinski definition) is 2. The van der Waals surface area contributed by atoms with Crippen LogP contribution in [0.25, 0.3) is 0 Å². The van der Waals surface area contributed by atoms with Crippen molar-refractivity contribution in [3.63, 3.8) is 0 Å². The van der Waals surface area contributed by atoms with Gasteiger partial charge in [0.05, 0.1) is 0 Å². The maximum absolute atomic E-state index is 12.0. The van der Waals surface area contributed by atoms with Gasteiger partial charge in [0.25, 0.3) is 0 Å². The van der Waals surface area contributed by atoms with Gasteiger partial charge in [-0.3, -0.25) is 0 Å². The summed E-state index contributed by atoms with van der Waals surface area (Å²) in [6.45, 7) is 0.276. The van der Waals surface area contributed by atoms with Crippen molar-refractivity contribution in [1.82, 2.24) is 9.71 Å². The number of nitrogens with one attached hydrogen (secondary N) is 1. The molecule has 106 valence electrons. The Labute approximate surface area is 122 Å². The van der Waals surface area contributed by atoms with Crippen LogP contribution in [0.3, 0.4) is 0 Å². The first-order valence-electron chi connectivity index (χ1n) is 5.93. The zero-order chi connectivity index (χ0) is 14.6. The Balaban J connectivity index is 2.00. The van der Waals surface area contributed by atoms with Gasteiger partial charge in [0.15, 0.2) is 0 Å². The smallest absolute Gasteiger partial charge is 0.244 e. The average molecular weight is 312 g/mol. The SMILES string of the molecule is Nc1ncccc1S(=O)(=O)NCCc1ccc(Cl)cc1. The second kappa shape index (κ2) is 6.21. The Hall–Kier alpha value is -1.63. The van der Waals surface area contributed by atoms with E-state index in [1.165, 1.54) is 18.3 Å². The molecule has 0 aliphatic rings. The van der Waals surface area contributed by atoms with Gasteiger partial charge in [0.2, 0.25) is 10.0 Å². The highest BCUT2D eigenvalue weighted by Gasteiger charge is 2.16. The van der Waals surface area contributed by atoms with Crippen molar-refractivity contribution in [3.05, 3.63) is 53.2 Å². The van der Waals surface area contributed by atoms with Crippen molar-refractivity contribution in [3.8, 4) is 0 Å². The molecule has 5 nitrogen and oxygen atoms in total. The summed E-state index contributed by atoms with van der Waals surface area (Å²) in [6.07, 6.45) is 2.01. The van der Waals surface area contributed by atoms with Gasteiger partial charge in [-0.2, -0.15) is 0 Å². The molecule has 0 aliphatic heterocycles. The van der Waals surface area contributed by atoms with Crippen LogP contribution in [0.1, 0.15) is 5.56 Å². The van der Waals surface area contributed by atoms with Crippen molar-refractivity contribution in [2.24, 2.45) is 0 Å². The minimum absolute atomic E-state index is 0.00361. The van der Waals surface area contributed by atoms with Gasteiger partial charge in [0, 0.05) is 17.8 Å². The quantitative estimate of drug-likeness (QED) is 0.882. The number of nitrogens with zero attached hydrogens (tertiary/aromatic N) is 1. The van der Waals surface area contributed by atoms with Crippen molar-refractivity contribution >= 4 is 27.4 Å². The predicted molar refractivity (Wildman–Crippen MR) is 79.0 cm³/mol. The highest BCUT2D eigenvalue weighted by molar-refractivity contribution is 7.89. The number of hydrogen-bond acceptors (Lipinski definition) is 4. The van der Waals surface area contributed by atoms with Crippen molar-refractivity contribution in [2.75, 3.05) is 12.3 Å². The molecule has 1 aromatic carbocycles. The molecule has 2 aromatic rings. The number of anilines is 1. The molecule has 2 rings (SSSR count). The summed E-state index contributed by atoms with van der Waals surface area (Å²) in [5, 5.41) is 0.650. The van der Waals surface area contributed by atoms with E-state index in [0.29, 0.717) is 11.4 Å². The molecule has 1 heterocycles. The molecule has 20 heavy (non-hydrogen) atoms. The van der Waals surface area contributed by atoms with E-state index in [0.717, 1.165) is 5.56 Å². The zero-order valence-corrected chi connectivity index (χ0v) is 12.2. The zero-order valence-electron chi connectivity index (χ0n) is 10.6. The van der Waals surface area contributed by atoms with Crippen molar-refractivity contribution in [1.29, 1.82) is 0 Å². The molecule has 0 aliphatic carbocycles. The van der Waals surface area contributed by atoms with Gasteiger partial charge in [-0.05, 0) is 36.2 Å². The van der Waals surface area contributed by atoms with E-state index >= 15 is 0 Å². The van der Waals surface area contributed by atoms with E-state index in [1.807, 2.05) is 12.1 Å². The van der Waals surface area contributed by atoms with Crippen LogP contribution in [0.4, 0.5) is 5.82 Å². The molecule has 0 saturated heterocycles. The highest BCUT2D eigenvalue weighted by Crippen LogP contribution is 2.14. The number of aromatic nitrogens is 1.